The minimum absolute atomic E-state index is 0.270. The molecule has 0 amide bonds. The topological polar surface area (TPSA) is 98.1 Å². The van der Waals surface area contributed by atoms with Crippen molar-refractivity contribution < 1.29 is 4.39 Å². The van der Waals surface area contributed by atoms with Crippen LogP contribution in [-0.2, 0) is 6.54 Å². The number of anilines is 3. The Hall–Kier alpha value is -4.08. The van der Waals surface area contributed by atoms with Gasteiger partial charge in [0, 0.05) is 65.2 Å². The van der Waals surface area contributed by atoms with E-state index in [4.69, 9.17) is 10.4 Å². The number of nitrogens with one attached hydrogen (secondary N) is 4. The lowest BCUT2D eigenvalue weighted by molar-refractivity contribution is 0.626. The van der Waals surface area contributed by atoms with E-state index >= 15 is 0 Å². The summed E-state index contributed by atoms with van der Waals surface area (Å²) in [4.78, 5) is 13.8. The normalized spacial score (nSPS) is 12.0. The highest BCUT2D eigenvalue weighted by Gasteiger charge is 2.10. The van der Waals surface area contributed by atoms with Gasteiger partial charge >= 0.3 is 0 Å². The molecule has 3 aromatic carbocycles. The van der Waals surface area contributed by atoms with Crippen LogP contribution in [0.15, 0.2) is 78.1 Å². The second kappa shape index (κ2) is 14.3. The smallest absolute Gasteiger partial charge is 0.141 e. The maximum Gasteiger partial charge on any atom is 0.141 e. The first kappa shape index (κ1) is 28.9. The number of aromatic nitrogens is 2. The van der Waals surface area contributed by atoms with E-state index in [-0.39, 0.29) is 5.82 Å². The lowest BCUT2D eigenvalue weighted by atomic mass is 10.1. The zero-order chi connectivity index (χ0) is 28.3. The number of thioether (sulfide) groups is 1. The number of allylic oxidation sites excluding steroid dienone is 1. The van der Waals surface area contributed by atoms with Crippen molar-refractivity contribution in [2.24, 2.45) is 4.99 Å². The monoisotopic (exact) mass is 555 g/mol. The predicted octanol–water partition coefficient (Wildman–Crippen LogP) is 6.90. The van der Waals surface area contributed by atoms with Gasteiger partial charge in [0.1, 0.15) is 18.0 Å². The van der Waals surface area contributed by atoms with Crippen LogP contribution in [0.2, 0.25) is 0 Å². The molecule has 4 rings (SSSR count). The number of rotatable bonds is 13. The minimum Gasteiger partial charge on any atom is -0.380 e. The van der Waals surface area contributed by atoms with Gasteiger partial charge in [0.05, 0.1) is 11.2 Å². The molecule has 0 atom stereocenters. The van der Waals surface area contributed by atoms with Crippen molar-refractivity contribution in [2.75, 3.05) is 35.7 Å². The molecule has 0 bridgehead atoms. The van der Waals surface area contributed by atoms with E-state index < -0.39 is 0 Å². The molecule has 0 spiro atoms. The van der Waals surface area contributed by atoms with Crippen LogP contribution in [-0.4, -0.2) is 47.0 Å². The van der Waals surface area contributed by atoms with Gasteiger partial charge in [0.2, 0.25) is 0 Å². The fourth-order valence-electron chi connectivity index (χ4n) is 4.20. The molecule has 9 heteroatoms. The summed E-state index contributed by atoms with van der Waals surface area (Å²) in [6, 6.07) is 18.2. The summed E-state index contributed by atoms with van der Waals surface area (Å²) in [5.74, 6) is 1.46. The van der Waals surface area contributed by atoms with Crippen molar-refractivity contribution in [2.45, 2.75) is 20.4 Å². The van der Waals surface area contributed by atoms with Gasteiger partial charge in [0.15, 0.2) is 0 Å². The molecule has 1 aromatic heterocycles. The lowest BCUT2D eigenvalue weighted by Gasteiger charge is -2.14. The second-order valence-corrected chi connectivity index (χ2v) is 10.2. The number of aliphatic imine (C=N–C) groups is 1. The summed E-state index contributed by atoms with van der Waals surface area (Å²) < 4.78 is 13.5. The van der Waals surface area contributed by atoms with Crippen LogP contribution in [0.25, 0.3) is 16.6 Å². The number of fused-ring (bicyclic) bond motifs is 1. The molecular formula is C31H34FN7S. The zero-order valence-corrected chi connectivity index (χ0v) is 23.8. The van der Waals surface area contributed by atoms with E-state index in [0.717, 1.165) is 63.7 Å². The van der Waals surface area contributed by atoms with Crippen LogP contribution >= 0.6 is 11.8 Å². The highest BCUT2D eigenvalue weighted by atomic mass is 32.2. The Balaban J connectivity index is 1.54. The van der Waals surface area contributed by atoms with Crippen LogP contribution in [0.5, 0.6) is 0 Å². The van der Waals surface area contributed by atoms with Crippen molar-refractivity contribution >= 4 is 57.5 Å². The fraction of sp³-hybridized carbons (Fsp3) is 0.226. The van der Waals surface area contributed by atoms with E-state index in [1.165, 1.54) is 24.7 Å². The summed E-state index contributed by atoms with van der Waals surface area (Å²) in [5, 5.41) is 18.9. The van der Waals surface area contributed by atoms with Crippen molar-refractivity contribution in [3.05, 3.63) is 95.6 Å². The van der Waals surface area contributed by atoms with Gasteiger partial charge in [-0.1, -0.05) is 24.3 Å². The van der Waals surface area contributed by atoms with Crippen LogP contribution < -0.4 is 16.0 Å². The molecule has 0 radical (unpaired) electrons. The van der Waals surface area contributed by atoms with E-state index in [0.29, 0.717) is 17.9 Å². The first-order chi connectivity index (χ1) is 19.5. The van der Waals surface area contributed by atoms with Gasteiger partial charge in [-0.25, -0.2) is 14.4 Å². The Bertz CT molecular complexity index is 1530. The Morgan fingerprint density at radius 2 is 1.98 bits per heavy atom. The summed E-state index contributed by atoms with van der Waals surface area (Å²) in [6.45, 7) is 6.16. The molecule has 0 saturated carbocycles. The Kier molecular flexibility index (Phi) is 10.4. The van der Waals surface area contributed by atoms with Crippen LogP contribution in [0.1, 0.15) is 30.5 Å². The molecular weight excluding hydrogens is 521 g/mol. The Labute approximate surface area is 239 Å². The van der Waals surface area contributed by atoms with Gasteiger partial charge in [-0.05, 0) is 68.1 Å². The predicted molar refractivity (Wildman–Crippen MR) is 169 cm³/mol. The fourth-order valence-corrected chi connectivity index (χ4v) is 4.55. The summed E-state index contributed by atoms with van der Waals surface area (Å²) in [6.07, 6.45) is 6.94. The molecule has 0 aliphatic heterocycles. The molecule has 206 valence electrons. The molecule has 0 aliphatic carbocycles. The van der Waals surface area contributed by atoms with Crippen molar-refractivity contribution in [3.63, 3.8) is 0 Å². The van der Waals surface area contributed by atoms with Gasteiger partial charge in [0.25, 0.3) is 0 Å². The quantitative estimate of drug-likeness (QED) is 0.106. The zero-order valence-electron chi connectivity index (χ0n) is 23.0. The van der Waals surface area contributed by atoms with Gasteiger partial charge < -0.3 is 21.4 Å². The number of benzene rings is 3. The molecule has 0 aliphatic rings. The number of nitrogens with zero attached hydrogens (tertiary/aromatic N) is 3. The van der Waals surface area contributed by atoms with E-state index in [1.54, 1.807) is 6.07 Å². The van der Waals surface area contributed by atoms with Crippen molar-refractivity contribution in [1.82, 2.24) is 15.3 Å². The lowest BCUT2D eigenvalue weighted by Crippen LogP contribution is -2.23. The minimum atomic E-state index is -0.270. The third-order valence-corrected chi connectivity index (χ3v) is 6.83. The molecule has 0 fully saturated rings. The molecule has 0 saturated heterocycles. The molecule has 4 aromatic rings. The SMILES string of the molecule is C/C=C(\N=C(C)CNCCSC)c1ccc2ncnc(Nc3ccc(NCc4cccc(F)c4)c(C=N)c3)c2c1. The molecule has 7 nitrogen and oxygen atoms in total. The first-order valence-electron chi connectivity index (χ1n) is 13.1. The van der Waals surface area contributed by atoms with Gasteiger partial charge in [-0.2, -0.15) is 11.8 Å². The maximum atomic E-state index is 13.5. The average Bonchev–Trinajstić information content (AvgIpc) is 2.97. The van der Waals surface area contributed by atoms with E-state index in [9.17, 15) is 4.39 Å². The molecule has 40 heavy (non-hydrogen) atoms. The van der Waals surface area contributed by atoms with Crippen molar-refractivity contribution in [3.8, 4) is 0 Å². The Morgan fingerprint density at radius 1 is 1.10 bits per heavy atom. The second-order valence-electron chi connectivity index (χ2n) is 9.20. The summed E-state index contributed by atoms with van der Waals surface area (Å²) in [7, 11) is 0. The Morgan fingerprint density at radius 3 is 2.75 bits per heavy atom. The number of halogens is 1. The summed E-state index contributed by atoms with van der Waals surface area (Å²) in [5.41, 5.74) is 6.80. The van der Waals surface area contributed by atoms with E-state index in [1.807, 2.05) is 68.1 Å². The molecule has 1 heterocycles. The van der Waals surface area contributed by atoms with Crippen LogP contribution in [0, 0.1) is 11.2 Å². The largest absolute Gasteiger partial charge is 0.380 e. The van der Waals surface area contributed by atoms with Crippen LogP contribution in [0.4, 0.5) is 21.6 Å². The number of hydrogen-bond donors (Lipinski definition) is 4. The first-order valence-corrected chi connectivity index (χ1v) is 14.4. The highest BCUT2D eigenvalue weighted by Crippen LogP contribution is 2.29. The van der Waals surface area contributed by atoms with E-state index in [2.05, 4.69) is 38.2 Å². The summed E-state index contributed by atoms with van der Waals surface area (Å²) >= 11 is 1.82. The average molecular weight is 556 g/mol. The van der Waals surface area contributed by atoms with Crippen LogP contribution in [0.3, 0.4) is 0 Å². The third-order valence-electron chi connectivity index (χ3n) is 6.22. The maximum absolute atomic E-state index is 13.5. The number of hydrogen-bond acceptors (Lipinski definition) is 8. The van der Waals surface area contributed by atoms with Gasteiger partial charge in [-0.3, -0.25) is 4.99 Å². The molecule has 0 unspecified atom stereocenters. The third kappa shape index (κ3) is 7.74. The standard InChI is InChI=1S/C31H34FN7S/c1-4-28(38-21(2)18-34-12-13-40-3)23-8-10-30-27(16-23)31(37-20-36-30)39-26-9-11-29(24(15-26)17-33)35-19-22-6-5-7-25(32)14-22/h4-11,14-17,20,33-35H,12-13,18-19H2,1-3H3,(H,36,37,39)/b28-4-,33-17?,38-21?. The van der Waals surface area contributed by atoms with Gasteiger partial charge in [-0.15, -0.1) is 0 Å². The highest BCUT2D eigenvalue weighted by molar-refractivity contribution is 7.98. The molecule has 4 N–H and O–H groups in total. The van der Waals surface area contributed by atoms with Crippen molar-refractivity contribution in [1.29, 1.82) is 5.41 Å².